The third-order valence-electron chi connectivity index (χ3n) is 6.10. The molecule has 9 heteroatoms. The van der Waals surface area contributed by atoms with Gasteiger partial charge < -0.3 is 15.2 Å². The molecular formula is C22H19FN4O4. The van der Waals surface area contributed by atoms with Crippen molar-refractivity contribution in [1.29, 1.82) is 0 Å². The highest BCUT2D eigenvalue weighted by molar-refractivity contribution is 5.97. The lowest BCUT2D eigenvalue weighted by Gasteiger charge is -2.40. The Kier molecular flexibility index (Phi) is 4.37. The molecule has 1 aliphatic carbocycles. The van der Waals surface area contributed by atoms with E-state index in [1.807, 2.05) is 0 Å². The van der Waals surface area contributed by atoms with Crippen LogP contribution >= 0.6 is 0 Å². The first kappa shape index (κ1) is 19.4. The molecule has 1 amide bonds. The van der Waals surface area contributed by atoms with E-state index >= 15 is 0 Å². The number of ether oxygens (including phenoxy) is 1. The Balaban J connectivity index is 1.28. The van der Waals surface area contributed by atoms with Crippen molar-refractivity contribution in [2.45, 2.75) is 36.9 Å². The summed E-state index contributed by atoms with van der Waals surface area (Å²) < 4.78 is 18.7. The first-order valence-electron chi connectivity index (χ1n) is 9.92. The molecule has 1 spiro atoms. The van der Waals surface area contributed by atoms with Gasteiger partial charge in [-0.25, -0.2) is 9.18 Å². The fraction of sp³-hybridized carbons (Fsp3) is 0.273. The number of hydrogen-bond donors (Lipinski definition) is 3. The number of pyridine rings is 1. The molecule has 0 saturated heterocycles. The molecule has 0 atom stereocenters. The lowest BCUT2D eigenvalue weighted by Crippen LogP contribution is -2.49. The molecule has 1 fully saturated rings. The summed E-state index contributed by atoms with van der Waals surface area (Å²) in [5, 5.41) is 20.4. The van der Waals surface area contributed by atoms with Crippen LogP contribution in [0, 0.1) is 5.82 Å². The van der Waals surface area contributed by atoms with Crippen molar-refractivity contribution in [2.75, 3.05) is 5.32 Å². The molecule has 0 bridgehead atoms. The second-order valence-corrected chi connectivity index (χ2v) is 7.96. The summed E-state index contributed by atoms with van der Waals surface area (Å²) >= 11 is 0. The van der Waals surface area contributed by atoms with E-state index in [1.54, 1.807) is 30.5 Å². The van der Waals surface area contributed by atoms with Crippen LogP contribution in [-0.2, 0) is 15.1 Å². The number of aromatic amines is 1. The third kappa shape index (κ3) is 3.27. The Morgan fingerprint density at radius 1 is 1.16 bits per heavy atom. The van der Waals surface area contributed by atoms with Gasteiger partial charge in [-0.2, -0.15) is 5.10 Å². The van der Waals surface area contributed by atoms with E-state index in [4.69, 9.17) is 4.74 Å². The number of halogens is 1. The Morgan fingerprint density at radius 2 is 1.90 bits per heavy atom. The van der Waals surface area contributed by atoms with Gasteiger partial charge in [-0.3, -0.25) is 14.9 Å². The average molecular weight is 422 g/mol. The van der Waals surface area contributed by atoms with Crippen molar-refractivity contribution in [2.24, 2.45) is 0 Å². The van der Waals surface area contributed by atoms with Crippen LogP contribution in [0.25, 0.3) is 11.3 Å². The first-order valence-corrected chi connectivity index (χ1v) is 9.92. The van der Waals surface area contributed by atoms with Gasteiger partial charge in [0.1, 0.15) is 17.0 Å². The van der Waals surface area contributed by atoms with Crippen molar-refractivity contribution in [3.8, 4) is 11.3 Å². The molecule has 0 radical (unpaired) electrons. The van der Waals surface area contributed by atoms with Crippen molar-refractivity contribution in [3.05, 3.63) is 65.7 Å². The number of fused-ring (bicyclic) bond motifs is 2. The fourth-order valence-electron chi connectivity index (χ4n) is 4.28. The smallest absolute Gasteiger partial charge is 0.339 e. The zero-order chi connectivity index (χ0) is 21.6. The van der Waals surface area contributed by atoms with E-state index in [-0.39, 0.29) is 24.5 Å². The van der Waals surface area contributed by atoms with Gasteiger partial charge >= 0.3 is 5.97 Å². The van der Waals surface area contributed by atoms with Gasteiger partial charge in [-0.15, -0.1) is 0 Å². The zero-order valence-corrected chi connectivity index (χ0v) is 16.4. The predicted octanol–water partition coefficient (Wildman–Crippen LogP) is 2.92. The maximum Gasteiger partial charge on any atom is 0.339 e. The Labute approximate surface area is 176 Å². The number of nitrogens with zero attached hydrogens (tertiary/aromatic N) is 2. The second kappa shape index (κ2) is 6.98. The summed E-state index contributed by atoms with van der Waals surface area (Å²) in [6, 6.07) is 9.09. The number of H-pyrrole nitrogens is 1. The highest BCUT2D eigenvalue weighted by Gasteiger charge is 2.53. The van der Waals surface area contributed by atoms with Gasteiger partial charge in [0.05, 0.1) is 11.3 Å². The minimum absolute atomic E-state index is 0.121. The van der Waals surface area contributed by atoms with Gasteiger partial charge in [-0.1, -0.05) is 0 Å². The molecule has 2 aliphatic rings. The van der Waals surface area contributed by atoms with E-state index in [9.17, 15) is 19.1 Å². The number of aliphatic hydroxyl groups is 1. The normalized spacial score (nSPS) is 24.6. The number of aromatic nitrogens is 3. The zero-order valence-electron chi connectivity index (χ0n) is 16.4. The van der Waals surface area contributed by atoms with Crippen LogP contribution in [0.3, 0.4) is 0 Å². The number of hydrogen-bond acceptors (Lipinski definition) is 6. The monoisotopic (exact) mass is 422 g/mol. The summed E-state index contributed by atoms with van der Waals surface area (Å²) in [6.07, 6.45) is 4.01. The van der Waals surface area contributed by atoms with Gasteiger partial charge in [0, 0.05) is 24.0 Å². The van der Waals surface area contributed by atoms with Gasteiger partial charge in [0.2, 0.25) is 0 Å². The minimum Gasteiger partial charge on any atom is -0.450 e. The molecule has 5 rings (SSSR count). The van der Waals surface area contributed by atoms with Crippen molar-refractivity contribution >= 4 is 17.7 Å². The van der Waals surface area contributed by atoms with Crippen molar-refractivity contribution < 1.29 is 23.8 Å². The summed E-state index contributed by atoms with van der Waals surface area (Å²) in [4.78, 5) is 29.1. The summed E-state index contributed by atoms with van der Waals surface area (Å²) in [7, 11) is 0. The van der Waals surface area contributed by atoms with Crippen LogP contribution in [0.5, 0.6) is 0 Å². The van der Waals surface area contributed by atoms with Gasteiger partial charge in [-0.05, 0) is 61.6 Å². The molecule has 8 nitrogen and oxygen atoms in total. The number of nitrogens with one attached hydrogen (secondary N) is 2. The van der Waals surface area contributed by atoms with E-state index in [0.717, 1.165) is 0 Å². The maximum atomic E-state index is 13.1. The van der Waals surface area contributed by atoms with Crippen LogP contribution < -0.4 is 5.32 Å². The number of esters is 1. The second-order valence-electron chi connectivity index (χ2n) is 7.96. The third-order valence-corrected chi connectivity index (χ3v) is 6.10. The van der Waals surface area contributed by atoms with E-state index < -0.39 is 23.1 Å². The molecule has 0 unspecified atom stereocenters. The largest absolute Gasteiger partial charge is 0.450 e. The van der Waals surface area contributed by atoms with Crippen LogP contribution in [-0.4, -0.2) is 37.8 Å². The molecule has 158 valence electrons. The number of carbonyl (C=O) groups is 2. The van der Waals surface area contributed by atoms with Crippen LogP contribution in [0.15, 0.2) is 48.8 Å². The summed E-state index contributed by atoms with van der Waals surface area (Å²) in [5.41, 5.74) is 0.0377. The number of anilines is 1. The average Bonchev–Trinajstić information content (AvgIpc) is 3.34. The molecule has 3 aromatic rings. The Morgan fingerprint density at radius 3 is 2.65 bits per heavy atom. The van der Waals surface area contributed by atoms with Crippen LogP contribution in [0.2, 0.25) is 0 Å². The van der Waals surface area contributed by atoms with E-state index in [1.165, 1.54) is 18.3 Å². The minimum atomic E-state index is -1.61. The first-order chi connectivity index (χ1) is 14.9. The number of benzene rings is 1. The molecule has 1 saturated carbocycles. The molecule has 3 N–H and O–H groups in total. The Bertz CT molecular complexity index is 1170. The number of rotatable bonds is 3. The van der Waals surface area contributed by atoms with E-state index in [0.29, 0.717) is 35.2 Å². The lowest BCUT2D eigenvalue weighted by molar-refractivity contribution is -0.144. The van der Waals surface area contributed by atoms with Crippen molar-refractivity contribution in [3.63, 3.8) is 0 Å². The topological polar surface area (TPSA) is 117 Å². The van der Waals surface area contributed by atoms with Crippen LogP contribution in [0.1, 0.15) is 41.6 Å². The van der Waals surface area contributed by atoms with Crippen LogP contribution in [0.4, 0.5) is 10.2 Å². The molecule has 1 aliphatic heterocycles. The summed E-state index contributed by atoms with van der Waals surface area (Å²) in [6.45, 7) is 0. The van der Waals surface area contributed by atoms with Gasteiger partial charge in [0.25, 0.3) is 5.91 Å². The van der Waals surface area contributed by atoms with E-state index in [2.05, 4.69) is 20.5 Å². The Hall–Kier alpha value is -3.59. The standard InChI is InChI=1S/C22H19FN4O4/c23-14-3-1-13(2-4-14)17-11-18(27-26-17)25-20(29)21(30)6-8-22(9-7-21)16-12-24-10-5-15(16)19(28)31-22/h1-5,10-12,30H,6-9H2,(H2,25,26,27,29). The fourth-order valence-corrected chi connectivity index (χ4v) is 4.28. The van der Waals surface area contributed by atoms with Crippen molar-refractivity contribution in [1.82, 2.24) is 15.2 Å². The van der Waals surface area contributed by atoms with Gasteiger partial charge in [0.15, 0.2) is 5.82 Å². The molecule has 31 heavy (non-hydrogen) atoms. The SMILES string of the molecule is O=C1OC2(CCC(O)(C(=O)Nc3cc(-c4ccc(F)cc4)[nH]n3)CC2)c2cnccc21. The molecular weight excluding hydrogens is 403 g/mol. The predicted molar refractivity (Wildman–Crippen MR) is 107 cm³/mol. The summed E-state index contributed by atoms with van der Waals surface area (Å²) in [5.74, 6) is -1.08. The maximum absolute atomic E-state index is 13.1. The highest BCUT2D eigenvalue weighted by Crippen LogP contribution is 2.49. The highest BCUT2D eigenvalue weighted by atomic mass is 19.1. The molecule has 3 heterocycles. The lowest BCUT2D eigenvalue weighted by atomic mass is 9.73. The molecule has 1 aromatic carbocycles. The quantitative estimate of drug-likeness (QED) is 0.559. The molecule has 2 aromatic heterocycles. The number of carbonyl (C=O) groups excluding carboxylic acids is 2. The number of amides is 1.